The zero-order chi connectivity index (χ0) is 18.1. The first-order valence-corrected chi connectivity index (χ1v) is 9.82. The number of para-hydroxylation sites is 1. The van der Waals surface area contributed by atoms with Gasteiger partial charge in [0.25, 0.3) is 0 Å². The fourth-order valence-electron chi connectivity index (χ4n) is 4.37. The molecule has 1 aliphatic heterocycles. The summed E-state index contributed by atoms with van der Waals surface area (Å²) < 4.78 is 11.0. The van der Waals surface area contributed by atoms with Gasteiger partial charge in [-0.15, -0.1) is 0 Å². The highest BCUT2D eigenvalue weighted by Gasteiger charge is 2.24. The number of pyridine rings is 1. The van der Waals surface area contributed by atoms with Crippen LogP contribution in [0, 0.1) is 0 Å². The predicted octanol–water partition coefficient (Wildman–Crippen LogP) is 4.91. The van der Waals surface area contributed by atoms with Gasteiger partial charge in [-0.1, -0.05) is 43.2 Å². The van der Waals surface area contributed by atoms with Gasteiger partial charge in [0.2, 0.25) is 6.79 Å². The van der Waals surface area contributed by atoms with Crippen LogP contribution in [0.3, 0.4) is 0 Å². The van der Waals surface area contributed by atoms with Gasteiger partial charge in [0.15, 0.2) is 11.5 Å². The van der Waals surface area contributed by atoms with Crippen molar-refractivity contribution in [3.05, 3.63) is 65.9 Å². The average Bonchev–Trinajstić information content (AvgIpc) is 3.39. The van der Waals surface area contributed by atoms with Crippen molar-refractivity contribution in [3.8, 4) is 11.5 Å². The third-order valence-electron chi connectivity index (χ3n) is 5.75. The van der Waals surface area contributed by atoms with Crippen LogP contribution in [0.2, 0.25) is 0 Å². The number of aromatic nitrogens is 1. The molecule has 0 unspecified atom stereocenters. The number of rotatable bonds is 5. The molecule has 1 saturated carbocycles. The fourth-order valence-corrected chi connectivity index (χ4v) is 4.37. The number of nitrogens with zero attached hydrogens (tertiary/aromatic N) is 2. The van der Waals surface area contributed by atoms with E-state index in [1.54, 1.807) is 0 Å². The molecule has 138 valence electrons. The van der Waals surface area contributed by atoms with E-state index >= 15 is 0 Å². The van der Waals surface area contributed by atoms with Crippen molar-refractivity contribution in [3.63, 3.8) is 0 Å². The number of benzene rings is 2. The van der Waals surface area contributed by atoms with Crippen LogP contribution in [0.25, 0.3) is 10.9 Å². The van der Waals surface area contributed by atoms with Crippen LogP contribution < -0.4 is 9.47 Å². The molecule has 0 saturated heterocycles. The largest absolute Gasteiger partial charge is 0.454 e. The molecule has 0 atom stereocenters. The van der Waals surface area contributed by atoms with Crippen molar-refractivity contribution in [1.82, 2.24) is 9.88 Å². The van der Waals surface area contributed by atoms with Gasteiger partial charge in [0.1, 0.15) is 0 Å². The molecule has 2 aromatic carbocycles. The first kappa shape index (κ1) is 16.6. The Morgan fingerprint density at radius 2 is 1.78 bits per heavy atom. The minimum Gasteiger partial charge on any atom is -0.454 e. The van der Waals surface area contributed by atoms with Crippen molar-refractivity contribution in [2.45, 2.75) is 44.8 Å². The van der Waals surface area contributed by atoms with E-state index in [1.807, 2.05) is 18.3 Å². The molecule has 0 radical (unpaired) electrons. The van der Waals surface area contributed by atoms with Gasteiger partial charge in [-0.2, -0.15) is 0 Å². The first-order chi connectivity index (χ1) is 13.4. The van der Waals surface area contributed by atoms with Crippen molar-refractivity contribution in [2.75, 3.05) is 6.79 Å². The van der Waals surface area contributed by atoms with Crippen LogP contribution in [-0.2, 0) is 13.1 Å². The molecule has 0 N–H and O–H groups in total. The van der Waals surface area contributed by atoms with Gasteiger partial charge in [0, 0.05) is 30.7 Å². The molecular formula is C23H24N2O2. The third-order valence-corrected chi connectivity index (χ3v) is 5.75. The topological polar surface area (TPSA) is 34.6 Å². The van der Waals surface area contributed by atoms with Crippen molar-refractivity contribution in [1.29, 1.82) is 0 Å². The van der Waals surface area contributed by atoms with E-state index < -0.39 is 0 Å². The Kier molecular flexibility index (Phi) is 4.42. The zero-order valence-electron chi connectivity index (χ0n) is 15.4. The van der Waals surface area contributed by atoms with E-state index in [4.69, 9.17) is 9.47 Å². The molecule has 4 heteroatoms. The monoisotopic (exact) mass is 360 g/mol. The van der Waals surface area contributed by atoms with Crippen molar-refractivity contribution >= 4 is 10.9 Å². The van der Waals surface area contributed by atoms with E-state index in [-0.39, 0.29) is 0 Å². The summed E-state index contributed by atoms with van der Waals surface area (Å²) in [5, 5.41) is 1.21. The smallest absolute Gasteiger partial charge is 0.231 e. The van der Waals surface area contributed by atoms with Crippen LogP contribution in [-0.4, -0.2) is 22.7 Å². The number of fused-ring (bicyclic) bond motifs is 2. The van der Waals surface area contributed by atoms with Crippen molar-refractivity contribution < 1.29 is 9.47 Å². The maximum absolute atomic E-state index is 5.57. The number of hydrogen-bond donors (Lipinski definition) is 0. The summed E-state index contributed by atoms with van der Waals surface area (Å²) in [5.74, 6) is 1.72. The van der Waals surface area contributed by atoms with Crippen LogP contribution in [0.5, 0.6) is 11.5 Å². The highest BCUT2D eigenvalue weighted by atomic mass is 16.7. The van der Waals surface area contributed by atoms with E-state index in [2.05, 4.69) is 46.3 Å². The maximum Gasteiger partial charge on any atom is 0.231 e. The summed E-state index contributed by atoms with van der Waals surface area (Å²) in [6.45, 7) is 2.17. The fraction of sp³-hybridized carbons (Fsp3) is 0.348. The summed E-state index contributed by atoms with van der Waals surface area (Å²) in [4.78, 5) is 7.27. The molecule has 1 fully saturated rings. The van der Waals surface area contributed by atoms with Gasteiger partial charge in [0.05, 0.1) is 5.52 Å². The minimum atomic E-state index is 0.326. The van der Waals surface area contributed by atoms with Gasteiger partial charge in [-0.3, -0.25) is 9.88 Å². The maximum atomic E-state index is 5.57. The van der Waals surface area contributed by atoms with E-state index in [9.17, 15) is 0 Å². The molecular weight excluding hydrogens is 336 g/mol. The summed E-state index contributed by atoms with van der Waals surface area (Å²) in [5.41, 5.74) is 3.70. The molecule has 2 aliphatic rings. The van der Waals surface area contributed by atoms with Gasteiger partial charge in [-0.05, 0) is 42.2 Å². The summed E-state index contributed by atoms with van der Waals surface area (Å²) in [7, 11) is 0. The lowest BCUT2D eigenvalue weighted by atomic mass is 10.1. The molecule has 0 spiro atoms. The van der Waals surface area contributed by atoms with Gasteiger partial charge < -0.3 is 9.47 Å². The molecule has 0 amide bonds. The molecule has 3 aromatic rings. The highest BCUT2D eigenvalue weighted by Crippen LogP contribution is 2.34. The Morgan fingerprint density at radius 1 is 0.926 bits per heavy atom. The normalized spacial score (nSPS) is 16.5. The van der Waals surface area contributed by atoms with Crippen LogP contribution >= 0.6 is 0 Å². The van der Waals surface area contributed by atoms with E-state index in [0.29, 0.717) is 12.8 Å². The Bertz CT molecular complexity index is 945. The van der Waals surface area contributed by atoms with Crippen molar-refractivity contribution in [2.24, 2.45) is 0 Å². The average molecular weight is 360 g/mol. The second-order valence-corrected chi connectivity index (χ2v) is 7.52. The summed E-state index contributed by atoms with van der Waals surface area (Å²) in [6, 6.07) is 17.6. The molecule has 1 aliphatic carbocycles. The lowest BCUT2D eigenvalue weighted by molar-refractivity contribution is 0.173. The Hall–Kier alpha value is -2.59. The molecule has 0 bridgehead atoms. The molecule has 2 heterocycles. The van der Waals surface area contributed by atoms with Crippen LogP contribution in [0.15, 0.2) is 54.7 Å². The minimum absolute atomic E-state index is 0.326. The zero-order valence-corrected chi connectivity index (χ0v) is 15.4. The lowest BCUT2D eigenvalue weighted by Crippen LogP contribution is -2.32. The SMILES string of the molecule is c1cnc2c(CN(Cc3ccc4c(c3)OCO4)C3CCCC3)cccc2c1. The van der Waals surface area contributed by atoms with E-state index in [0.717, 1.165) is 30.1 Å². The number of hydrogen-bond acceptors (Lipinski definition) is 4. The summed E-state index contributed by atoms with van der Waals surface area (Å²) >= 11 is 0. The Labute approximate surface area is 159 Å². The first-order valence-electron chi connectivity index (χ1n) is 9.82. The summed E-state index contributed by atoms with van der Waals surface area (Å²) in [6.07, 6.45) is 7.11. The van der Waals surface area contributed by atoms with Gasteiger partial charge in [-0.25, -0.2) is 0 Å². The lowest BCUT2D eigenvalue weighted by Gasteiger charge is -2.29. The Balaban J connectivity index is 1.44. The third kappa shape index (κ3) is 3.37. The van der Waals surface area contributed by atoms with Gasteiger partial charge >= 0.3 is 0 Å². The van der Waals surface area contributed by atoms with Crippen LogP contribution in [0.4, 0.5) is 0 Å². The second-order valence-electron chi connectivity index (χ2n) is 7.52. The van der Waals surface area contributed by atoms with Crippen LogP contribution in [0.1, 0.15) is 36.8 Å². The second kappa shape index (κ2) is 7.20. The Morgan fingerprint density at radius 3 is 2.70 bits per heavy atom. The molecule has 27 heavy (non-hydrogen) atoms. The molecule has 1 aromatic heterocycles. The molecule has 4 nitrogen and oxygen atoms in total. The standard InChI is InChI=1S/C23H24N2O2/c1-2-9-20(8-1)25(14-17-10-11-21-22(13-17)27-16-26-21)15-19-6-3-5-18-7-4-12-24-23(18)19/h3-7,10-13,20H,1-2,8-9,14-16H2. The highest BCUT2D eigenvalue weighted by molar-refractivity contribution is 5.81. The van der Waals surface area contributed by atoms with E-state index in [1.165, 1.54) is 42.2 Å². The predicted molar refractivity (Wildman–Crippen MR) is 106 cm³/mol. The molecule has 5 rings (SSSR count). The number of ether oxygens (including phenoxy) is 2. The quantitative estimate of drug-likeness (QED) is 0.648.